The van der Waals surface area contributed by atoms with Gasteiger partial charge in [0.15, 0.2) is 5.11 Å². The Kier molecular flexibility index (Phi) is 6.89. The SMILES string of the molecule is O=C(C=Cc1ccccc1)NC(=S)NNC(=O)c1ccccc1I. The summed E-state index contributed by atoms with van der Waals surface area (Å²) in [6, 6.07) is 16.5. The number of benzene rings is 2. The zero-order chi connectivity index (χ0) is 17.4. The van der Waals surface area contributed by atoms with E-state index in [4.69, 9.17) is 12.2 Å². The predicted octanol–water partition coefficient (Wildman–Crippen LogP) is 2.64. The van der Waals surface area contributed by atoms with Gasteiger partial charge >= 0.3 is 0 Å². The summed E-state index contributed by atoms with van der Waals surface area (Å²) in [5, 5.41) is 2.46. The van der Waals surface area contributed by atoms with E-state index < -0.39 is 0 Å². The molecule has 0 aliphatic rings. The highest BCUT2D eigenvalue weighted by Gasteiger charge is 2.09. The molecule has 0 aromatic heterocycles. The summed E-state index contributed by atoms with van der Waals surface area (Å²) in [5.41, 5.74) is 6.36. The monoisotopic (exact) mass is 451 g/mol. The molecule has 7 heteroatoms. The first-order valence-electron chi connectivity index (χ1n) is 6.95. The van der Waals surface area contributed by atoms with Crippen LogP contribution in [-0.2, 0) is 4.79 Å². The van der Waals surface area contributed by atoms with Gasteiger partial charge < -0.3 is 0 Å². The average Bonchev–Trinajstić information content (AvgIpc) is 2.59. The Morgan fingerprint density at radius 1 is 0.958 bits per heavy atom. The van der Waals surface area contributed by atoms with E-state index >= 15 is 0 Å². The molecule has 2 aromatic rings. The number of halogens is 1. The fourth-order valence-corrected chi connectivity index (χ4v) is 2.53. The highest BCUT2D eigenvalue weighted by Crippen LogP contribution is 2.10. The molecule has 0 bridgehead atoms. The van der Waals surface area contributed by atoms with Gasteiger partial charge in [-0.1, -0.05) is 42.5 Å². The number of carbonyl (C=O) groups excluding carboxylic acids is 2. The van der Waals surface area contributed by atoms with Crippen LogP contribution in [-0.4, -0.2) is 16.9 Å². The predicted molar refractivity (Wildman–Crippen MR) is 106 cm³/mol. The van der Waals surface area contributed by atoms with Gasteiger partial charge in [0.1, 0.15) is 0 Å². The average molecular weight is 451 g/mol. The summed E-state index contributed by atoms with van der Waals surface area (Å²) in [6.45, 7) is 0. The van der Waals surface area contributed by atoms with Crippen molar-refractivity contribution in [2.45, 2.75) is 0 Å². The van der Waals surface area contributed by atoms with Crippen LogP contribution in [0.2, 0.25) is 0 Å². The molecule has 0 aliphatic heterocycles. The topological polar surface area (TPSA) is 70.2 Å². The molecule has 0 atom stereocenters. The van der Waals surface area contributed by atoms with E-state index in [9.17, 15) is 9.59 Å². The lowest BCUT2D eigenvalue weighted by Crippen LogP contribution is -2.48. The van der Waals surface area contributed by atoms with E-state index in [0.29, 0.717) is 5.56 Å². The maximum Gasteiger partial charge on any atom is 0.270 e. The zero-order valence-electron chi connectivity index (χ0n) is 12.5. The van der Waals surface area contributed by atoms with Gasteiger partial charge in [-0.2, -0.15) is 0 Å². The molecular weight excluding hydrogens is 437 g/mol. The Labute approximate surface area is 158 Å². The second kappa shape index (κ2) is 9.14. The normalized spacial score (nSPS) is 10.2. The lowest BCUT2D eigenvalue weighted by atomic mass is 10.2. The molecule has 0 saturated heterocycles. The Balaban J connectivity index is 1.81. The highest BCUT2D eigenvalue weighted by molar-refractivity contribution is 14.1. The van der Waals surface area contributed by atoms with Crippen molar-refractivity contribution in [3.8, 4) is 0 Å². The van der Waals surface area contributed by atoms with Gasteiger partial charge in [0.2, 0.25) is 5.91 Å². The van der Waals surface area contributed by atoms with Crippen LogP contribution in [0.15, 0.2) is 60.7 Å². The fraction of sp³-hybridized carbons (Fsp3) is 0. The molecule has 5 nitrogen and oxygen atoms in total. The van der Waals surface area contributed by atoms with Crippen LogP contribution < -0.4 is 16.2 Å². The smallest absolute Gasteiger partial charge is 0.270 e. The minimum Gasteiger partial charge on any atom is -0.298 e. The standard InChI is InChI=1S/C17H14IN3O2S/c18-14-9-5-4-8-13(14)16(23)20-21-17(24)19-15(22)11-10-12-6-2-1-3-7-12/h1-11H,(H,20,23)(H2,19,21,22,24). The zero-order valence-corrected chi connectivity index (χ0v) is 15.4. The summed E-state index contributed by atoms with van der Waals surface area (Å²) < 4.78 is 0.815. The number of amides is 2. The number of hydrogen-bond donors (Lipinski definition) is 3. The van der Waals surface area contributed by atoms with Crippen molar-refractivity contribution < 1.29 is 9.59 Å². The Bertz CT molecular complexity index is 778. The van der Waals surface area contributed by atoms with Gasteiger partial charge in [-0.3, -0.25) is 25.8 Å². The Hall–Kier alpha value is -2.26. The third-order valence-corrected chi connectivity index (χ3v) is 4.02. The molecule has 0 spiro atoms. The number of rotatable bonds is 3. The molecule has 24 heavy (non-hydrogen) atoms. The van der Waals surface area contributed by atoms with Gasteiger partial charge in [-0.15, -0.1) is 0 Å². The maximum absolute atomic E-state index is 12.0. The highest BCUT2D eigenvalue weighted by atomic mass is 127. The molecular formula is C17H14IN3O2S. The van der Waals surface area contributed by atoms with Gasteiger partial charge in [0, 0.05) is 9.65 Å². The molecule has 0 unspecified atom stereocenters. The third kappa shape index (κ3) is 5.74. The Morgan fingerprint density at radius 2 is 1.62 bits per heavy atom. The van der Waals surface area contributed by atoms with E-state index in [0.717, 1.165) is 9.13 Å². The van der Waals surface area contributed by atoms with Crippen molar-refractivity contribution in [3.05, 3.63) is 75.4 Å². The molecule has 0 heterocycles. The number of hydrogen-bond acceptors (Lipinski definition) is 3. The van der Waals surface area contributed by atoms with Crippen LogP contribution in [0.1, 0.15) is 15.9 Å². The van der Waals surface area contributed by atoms with E-state index in [1.807, 2.05) is 42.5 Å². The minimum atomic E-state index is -0.389. The van der Waals surface area contributed by atoms with Crippen LogP contribution in [0, 0.1) is 3.57 Å². The van der Waals surface area contributed by atoms with Crippen molar-refractivity contribution in [3.63, 3.8) is 0 Å². The van der Waals surface area contributed by atoms with Crippen LogP contribution >= 0.6 is 34.8 Å². The minimum absolute atomic E-state index is 0.0111. The largest absolute Gasteiger partial charge is 0.298 e. The van der Waals surface area contributed by atoms with Crippen LogP contribution in [0.3, 0.4) is 0 Å². The molecule has 0 saturated carbocycles. The lowest BCUT2D eigenvalue weighted by Gasteiger charge is -2.10. The van der Waals surface area contributed by atoms with E-state index in [1.165, 1.54) is 6.08 Å². The third-order valence-electron chi connectivity index (χ3n) is 2.87. The summed E-state index contributed by atoms with van der Waals surface area (Å²) in [4.78, 5) is 23.8. The maximum atomic E-state index is 12.0. The van der Waals surface area contributed by atoms with Crippen molar-refractivity contribution in [1.82, 2.24) is 16.2 Å². The molecule has 3 N–H and O–H groups in total. The second-order valence-corrected chi connectivity index (χ2v) is 6.19. The number of thiocarbonyl (C=S) groups is 1. The van der Waals surface area contributed by atoms with Crippen molar-refractivity contribution in [1.29, 1.82) is 0 Å². The first-order valence-corrected chi connectivity index (χ1v) is 8.44. The fourth-order valence-electron chi connectivity index (χ4n) is 1.75. The molecule has 2 rings (SSSR count). The molecule has 0 fully saturated rings. The first-order chi connectivity index (χ1) is 11.6. The number of carbonyl (C=O) groups is 2. The lowest BCUT2D eigenvalue weighted by molar-refractivity contribution is -0.115. The van der Waals surface area contributed by atoms with Crippen molar-refractivity contribution >= 4 is 57.8 Å². The molecule has 0 radical (unpaired) electrons. The van der Waals surface area contributed by atoms with E-state index in [1.54, 1.807) is 18.2 Å². The molecule has 122 valence electrons. The summed E-state index contributed by atoms with van der Waals surface area (Å²) in [7, 11) is 0. The second-order valence-electron chi connectivity index (χ2n) is 4.62. The van der Waals surface area contributed by atoms with Crippen LogP contribution in [0.4, 0.5) is 0 Å². The quantitative estimate of drug-likeness (QED) is 0.291. The van der Waals surface area contributed by atoms with Gasteiger partial charge in [-0.25, -0.2) is 0 Å². The van der Waals surface area contributed by atoms with Gasteiger partial charge in [0.25, 0.3) is 5.91 Å². The summed E-state index contributed by atoms with van der Waals surface area (Å²) >= 11 is 7.04. The summed E-state index contributed by atoms with van der Waals surface area (Å²) in [6.07, 6.45) is 3.04. The molecule has 2 aromatic carbocycles. The summed E-state index contributed by atoms with van der Waals surface area (Å²) in [5.74, 6) is -0.726. The van der Waals surface area contributed by atoms with Crippen LogP contribution in [0.5, 0.6) is 0 Å². The first kappa shape index (κ1) is 18.1. The van der Waals surface area contributed by atoms with E-state index in [2.05, 4.69) is 38.8 Å². The van der Waals surface area contributed by atoms with Crippen molar-refractivity contribution in [2.24, 2.45) is 0 Å². The van der Waals surface area contributed by atoms with Crippen molar-refractivity contribution in [2.75, 3.05) is 0 Å². The van der Waals surface area contributed by atoms with Crippen LogP contribution in [0.25, 0.3) is 6.08 Å². The molecule has 0 aliphatic carbocycles. The molecule has 2 amide bonds. The number of hydrazine groups is 1. The Morgan fingerprint density at radius 3 is 2.33 bits per heavy atom. The van der Waals surface area contributed by atoms with E-state index in [-0.39, 0.29) is 16.9 Å². The number of nitrogens with one attached hydrogen (secondary N) is 3. The van der Waals surface area contributed by atoms with Gasteiger partial charge in [0.05, 0.1) is 5.56 Å². The van der Waals surface area contributed by atoms with Gasteiger partial charge in [-0.05, 0) is 58.6 Å².